The maximum absolute atomic E-state index is 13.5. The highest BCUT2D eigenvalue weighted by molar-refractivity contribution is 7.98. The zero-order valence-electron chi connectivity index (χ0n) is 47.1. The average molecular weight is 1240 g/mol. The van der Waals surface area contributed by atoms with Crippen molar-refractivity contribution in [1.29, 1.82) is 0 Å². The van der Waals surface area contributed by atoms with Crippen molar-refractivity contribution in [2.45, 2.75) is 133 Å². The summed E-state index contributed by atoms with van der Waals surface area (Å²) in [6.07, 6.45) is -5.64. The summed E-state index contributed by atoms with van der Waals surface area (Å²) in [5, 5.41) is 68.1. The molecule has 0 spiro atoms. The van der Waals surface area contributed by atoms with E-state index < -0.39 is 156 Å². The van der Waals surface area contributed by atoms with Gasteiger partial charge in [0.25, 0.3) is 5.91 Å². The Morgan fingerprint density at radius 1 is 0.800 bits per heavy atom. The normalized spacial score (nSPS) is 18.6. The number of nitrogens with one attached hydrogen (secondary N) is 7. The van der Waals surface area contributed by atoms with Crippen molar-refractivity contribution in [2.75, 3.05) is 38.3 Å². The number of nitrogens with zero attached hydrogens (tertiary/aromatic N) is 5. The van der Waals surface area contributed by atoms with E-state index in [0.29, 0.717) is 22.8 Å². The van der Waals surface area contributed by atoms with Crippen molar-refractivity contribution in [1.82, 2.24) is 56.8 Å². The Hall–Kier alpha value is -7.64. The first-order chi connectivity index (χ1) is 40.2. The van der Waals surface area contributed by atoms with Gasteiger partial charge in [-0.05, 0) is 92.1 Å². The van der Waals surface area contributed by atoms with Crippen molar-refractivity contribution in [3.05, 3.63) is 54.6 Å². The lowest BCUT2D eigenvalue weighted by Crippen LogP contribution is -2.60. The molecule has 1 aliphatic heterocycles. The van der Waals surface area contributed by atoms with Gasteiger partial charge in [-0.3, -0.25) is 47.5 Å². The lowest BCUT2D eigenvalue weighted by molar-refractivity contribution is -0.136. The van der Waals surface area contributed by atoms with Gasteiger partial charge in [0, 0.05) is 12.1 Å². The van der Waals surface area contributed by atoms with E-state index in [1.54, 1.807) is 35.9 Å². The first kappa shape index (κ1) is 69.9. The number of primary amides is 1. The predicted octanol–water partition coefficient (Wildman–Crippen LogP) is -5.64. The number of aliphatic hydroxyl groups is 4. The molecule has 2 aromatic carbocycles. The van der Waals surface area contributed by atoms with Crippen molar-refractivity contribution in [3.8, 4) is 22.9 Å². The number of amides is 8. The molecule has 0 radical (unpaired) electrons. The highest BCUT2D eigenvalue weighted by Crippen LogP contribution is 2.26. The number of thioether (sulfide) groups is 1. The first-order valence-electron chi connectivity index (χ1n) is 26.8. The van der Waals surface area contributed by atoms with Gasteiger partial charge in [0.15, 0.2) is 5.96 Å². The maximum Gasteiger partial charge on any atom is 0.362 e. The minimum absolute atomic E-state index is 0.0321. The number of tetrazole rings is 1. The number of nitrogens with two attached hydrogens (primary N) is 4. The lowest BCUT2D eigenvalue weighted by atomic mass is 9.98. The second-order valence-corrected chi connectivity index (χ2v) is 21.9. The van der Waals surface area contributed by atoms with E-state index >= 15 is 0 Å². The summed E-state index contributed by atoms with van der Waals surface area (Å²) in [6, 6.07) is 6.72. The quantitative estimate of drug-likeness (QED) is 0.0147. The molecule has 1 saturated heterocycles. The van der Waals surface area contributed by atoms with Gasteiger partial charge in [0.05, 0.1) is 51.0 Å². The van der Waals surface area contributed by atoms with Crippen molar-refractivity contribution in [3.63, 3.8) is 0 Å². The highest BCUT2D eigenvalue weighted by Gasteiger charge is 2.44. The fraction of sp³-hybridized carbons (Fsp3) is 0.560. The van der Waals surface area contributed by atoms with E-state index in [2.05, 4.69) is 52.3 Å². The van der Waals surface area contributed by atoms with E-state index in [4.69, 9.17) is 36.6 Å². The summed E-state index contributed by atoms with van der Waals surface area (Å²) in [6.45, 7) is 1.37. The lowest BCUT2D eigenvalue weighted by Gasteiger charge is -2.27. The Morgan fingerprint density at radius 2 is 1.42 bits per heavy atom. The van der Waals surface area contributed by atoms with E-state index in [9.17, 15) is 67.2 Å². The van der Waals surface area contributed by atoms with Crippen LogP contribution >= 0.6 is 11.8 Å². The van der Waals surface area contributed by atoms with E-state index in [1.807, 2.05) is 36.6 Å². The average Bonchev–Trinajstić information content (AvgIpc) is 4.31. The molecule has 1 aromatic heterocycles. The molecule has 19 N–H and O–H groups in total. The van der Waals surface area contributed by atoms with Gasteiger partial charge in [0.1, 0.15) is 60.0 Å². The topological polar surface area (TPSA) is 524 Å². The molecule has 12 atom stereocenters. The molecule has 0 aliphatic carbocycles. The van der Waals surface area contributed by atoms with Crippen LogP contribution < -0.4 is 64.3 Å². The van der Waals surface area contributed by atoms with Crippen LogP contribution in [0.2, 0.25) is 0 Å². The minimum atomic E-state index is -5.02. The van der Waals surface area contributed by atoms with Crippen LogP contribution in [-0.4, -0.2) is 207 Å². The van der Waals surface area contributed by atoms with Crippen LogP contribution in [0.3, 0.4) is 0 Å². The molecule has 1 fully saturated rings. The number of para-hydroxylation sites is 1. The van der Waals surface area contributed by atoms with Crippen LogP contribution in [0.15, 0.2) is 59.6 Å². The van der Waals surface area contributed by atoms with Gasteiger partial charge < -0.3 is 84.7 Å². The number of guanidine groups is 1. The van der Waals surface area contributed by atoms with Crippen LogP contribution in [0, 0.1) is 5.92 Å². The van der Waals surface area contributed by atoms with Gasteiger partial charge >= 0.3 is 10.3 Å². The van der Waals surface area contributed by atoms with E-state index in [1.165, 1.54) is 23.5 Å². The number of benzene rings is 2. The van der Waals surface area contributed by atoms with Crippen LogP contribution in [0.1, 0.15) is 59.3 Å². The monoisotopic (exact) mass is 1240 g/mol. The van der Waals surface area contributed by atoms with E-state index in [0.717, 1.165) is 6.92 Å². The summed E-state index contributed by atoms with van der Waals surface area (Å²) in [5.74, 6) is -7.77. The molecule has 3 aromatic rings. The summed E-state index contributed by atoms with van der Waals surface area (Å²) in [7, 11) is -5.02. The number of aliphatic hydroxyl groups excluding tert-OH is 4. The van der Waals surface area contributed by atoms with Gasteiger partial charge in [-0.15, -0.1) is 10.2 Å². The number of aromatic nitrogens is 4. The summed E-state index contributed by atoms with van der Waals surface area (Å²) >= 11 is 1.45. The third-order valence-electron chi connectivity index (χ3n) is 12.9. The number of carbonyl (C=O) groups is 8. The number of hydrogen-bond acceptors (Lipinski definition) is 23. The third kappa shape index (κ3) is 23.0. The molecule has 33 nitrogen and oxygen atoms in total. The number of carbonyl (C=O) groups excluding carboxylic acids is 8. The first-order valence-corrected chi connectivity index (χ1v) is 29.6. The predicted molar refractivity (Wildman–Crippen MR) is 304 cm³/mol. The Morgan fingerprint density at radius 3 is 2.05 bits per heavy atom. The molecule has 85 heavy (non-hydrogen) atoms. The Balaban J connectivity index is 1.30. The molecule has 2 heterocycles. The molecule has 35 heteroatoms. The maximum atomic E-state index is 13.5. The number of hydrogen-bond donors (Lipinski definition) is 15. The number of rotatable bonds is 36. The summed E-state index contributed by atoms with van der Waals surface area (Å²) in [5.41, 5.74) is 22.7. The summed E-state index contributed by atoms with van der Waals surface area (Å²) in [4.78, 5) is 110. The van der Waals surface area contributed by atoms with Crippen molar-refractivity contribution in [2.24, 2.45) is 33.8 Å². The van der Waals surface area contributed by atoms with Crippen molar-refractivity contribution >= 4 is 75.3 Å². The fourth-order valence-corrected chi connectivity index (χ4v) is 9.24. The number of aryl methyl sites for hydroxylation is 1. The largest absolute Gasteiger partial charge is 0.457 e. The van der Waals surface area contributed by atoms with Crippen LogP contribution in [-0.2, 0) is 64.1 Å². The molecular weight excluding hydrogens is 1160 g/mol. The highest BCUT2D eigenvalue weighted by atomic mass is 32.2. The SMILES string of the molecule is CC[C@H](C)[C@H](NC(=O)[C@H](CO)NC(=O)[C@H](CC(N)=O)NC(=O)CNC(=O)[C@@H](NC(=O)[C@H](CCCN=C(N)N)NC(=O)[C@@H](N)CCSC)[C@@H](C)O)C(=O)NS(=O)(=O)OC[C@H]1O[C@@H](CCn2nnc(-c3ccc(Oc4ccccc4)cc3)n2)[C@H](O)[C@@H]1O. The molecule has 0 bridgehead atoms. The fourth-order valence-electron chi connectivity index (χ4n) is 8.01. The Bertz CT molecular complexity index is 2850. The summed E-state index contributed by atoms with van der Waals surface area (Å²) < 4.78 is 44.3. The van der Waals surface area contributed by atoms with Crippen LogP contribution in [0.4, 0.5) is 0 Å². The zero-order valence-corrected chi connectivity index (χ0v) is 48.7. The molecule has 1 aliphatic rings. The molecule has 8 amide bonds. The second kappa shape index (κ2) is 34.3. The van der Waals surface area contributed by atoms with Gasteiger partial charge in [-0.2, -0.15) is 25.0 Å². The minimum Gasteiger partial charge on any atom is -0.457 e. The molecule has 470 valence electrons. The second-order valence-electron chi connectivity index (χ2n) is 19.6. The standard InChI is InChI=1S/C50H76N16O17S2/c1-5-26(2)39(49(78)64-85(79,80)81-25-36-42(72)41(71)35(83-36)17-20-66-63-43(62-65-66)28-13-15-30(16-14-28)82-29-10-7-6-8-11-29)60-47(76)34(24-67)59-46(75)33(22-37(52)69)57-38(70)23-56-48(77)40(27(3)68)61-45(74)32(12-9-19-55-50(53)54)58-44(73)31(51)18-21-84-4/h6-8,10-11,13-16,26-27,31-36,39-42,67-68,71-72H,5,9,12,17-25,51H2,1-4H3,(H2,52,69)(H,56,77)(H,57,70)(H,58,73)(H,59,75)(H,60,76)(H,61,74)(H,64,78)(H4,53,54,55)/t26-,27+,31-,32-,33-,34-,35-,36+,39-,40-,41-,42+/m0/s1. The Labute approximate surface area is 493 Å². The third-order valence-corrected chi connectivity index (χ3v) is 14.5. The van der Waals surface area contributed by atoms with Crippen LogP contribution in [0.5, 0.6) is 11.5 Å². The molecular formula is C50H76N16O17S2. The molecule has 0 saturated carbocycles. The van der Waals surface area contributed by atoms with E-state index in [-0.39, 0.29) is 57.0 Å². The van der Waals surface area contributed by atoms with Gasteiger partial charge in [-0.25, -0.2) is 4.72 Å². The van der Waals surface area contributed by atoms with Crippen LogP contribution in [0.25, 0.3) is 11.4 Å². The molecule has 4 rings (SSSR count). The zero-order chi connectivity index (χ0) is 63.0. The Kier molecular flexibility index (Phi) is 28.2. The smallest absolute Gasteiger partial charge is 0.362 e. The number of ether oxygens (including phenoxy) is 2. The van der Waals surface area contributed by atoms with Gasteiger partial charge in [0.2, 0.25) is 47.2 Å². The molecule has 0 unspecified atom stereocenters. The number of aliphatic imine (C=N–C) groups is 1. The van der Waals surface area contributed by atoms with Crippen molar-refractivity contribution < 1.29 is 80.9 Å². The van der Waals surface area contributed by atoms with Gasteiger partial charge in [-0.1, -0.05) is 38.5 Å².